The molecule has 0 spiro atoms. The highest BCUT2D eigenvalue weighted by Crippen LogP contribution is 2.28. The maximum absolute atomic E-state index is 10.9. The first-order valence-corrected chi connectivity index (χ1v) is 9.61. The van der Waals surface area contributed by atoms with Crippen LogP contribution in [-0.4, -0.2) is 79.6 Å². The molecular formula is C19H29ClN2O3. The molecule has 3 atom stereocenters. The molecule has 25 heavy (non-hydrogen) atoms. The summed E-state index contributed by atoms with van der Waals surface area (Å²) in [6, 6.07) is 7.57. The molecule has 6 heteroatoms. The normalized spacial score (nSPS) is 28.8. The van der Waals surface area contributed by atoms with E-state index in [2.05, 4.69) is 9.80 Å². The van der Waals surface area contributed by atoms with Gasteiger partial charge in [0.25, 0.3) is 0 Å². The number of ether oxygens (including phenoxy) is 2. The smallest absolute Gasteiger partial charge is 0.126 e. The summed E-state index contributed by atoms with van der Waals surface area (Å²) >= 11 is 5.93. The minimum Gasteiger partial charge on any atom is -0.488 e. The van der Waals surface area contributed by atoms with Crippen molar-refractivity contribution < 1.29 is 14.6 Å². The third-order valence-electron chi connectivity index (χ3n) is 5.35. The Balaban J connectivity index is 1.53. The van der Waals surface area contributed by atoms with Gasteiger partial charge in [0.15, 0.2) is 0 Å². The van der Waals surface area contributed by atoms with Gasteiger partial charge in [-0.1, -0.05) is 11.6 Å². The van der Waals surface area contributed by atoms with Gasteiger partial charge in [0, 0.05) is 50.9 Å². The molecule has 0 unspecified atom stereocenters. The van der Waals surface area contributed by atoms with Crippen molar-refractivity contribution in [3.05, 3.63) is 29.3 Å². The van der Waals surface area contributed by atoms with Gasteiger partial charge in [-0.25, -0.2) is 0 Å². The lowest BCUT2D eigenvalue weighted by Gasteiger charge is -2.44. The average molecular weight is 369 g/mol. The molecule has 3 rings (SSSR count). The minimum atomic E-state index is -0.449. The first-order valence-electron chi connectivity index (χ1n) is 9.23. The lowest BCUT2D eigenvalue weighted by atomic mass is 9.88. The minimum absolute atomic E-state index is 0.147. The van der Waals surface area contributed by atoms with Gasteiger partial charge < -0.3 is 14.6 Å². The second-order valence-electron chi connectivity index (χ2n) is 6.97. The SMILES string of the molecule is COCCN1CCN([C@H]2CCC[C@@H](Oc3ccc(Cl)cc3)[C@@H]2O)CC1. The Kier molecular flexibility index (Phi) is 6.96. The molecule has 0 amide bonds. The topological polar surface area (TPSA) is 45.2 Å². The van der Waals surface area contributed by atoms with Crippen molar-refractivity contribution in [2.24, 2.45) is 0 Å². The number of nitrogens with zero attached hydrogens (tertiary/aromatic N) is 2. The van der Waals surface area contributed by atoms with E-state index < -0.39 is 6.10 Å². The Hall–Kier alpha value is -0.850. The molecule has 5 nitrogen and oxygen atoms in total. The van der Waals surface area contributed by atoms with Crippen LogP contribution in [0.3, 0.4) is 0 Å². The van der Waals surface area contributed by atoms with E-state index in [1.165, 1.54) is 0 Å². The predicted octanol–water partition coefficient (Wildman–Crippen LogP) is 2.26. The van der Waals surface area contributed by atoms with E-state index in [0.717, 1.165) is 64.3 Å². The number of aliphatic hydroxyl groups excluding tert-OH is 1. The standard InChI is InChI=1S/C19H29ClN2O3/c1-24-14-13-21-9-11-22(12-10-21)17-3-2-4-18(19(17)23)25-16-7-5-15(20)6-8-16/h5-8,17-19,23H,2-4,9-14H2,1H3/t17-,18+,19+/m0/s1. The number of methoxy groups -OCH3 is 1. The van der Waals surface area contributed by atoms with E-state index in [0.29, 0.717) is 5.02 Å². The number of rotatable bonds is 6. The van der Waals surface area contributed by atoms with Gasteiger partial charge in [0.05, 0.1) is 6.61 Å². The fourth-order valence-electron chi connectivity index (χ4n) is 3.87. The van der Waals surface area contributed by atoms with Gasteiger partial charge in [-0.3, -0.25) is 9.80 Å². The molecule has 0 aromatic heterocycles. The van der Waals surface area contributed by atoms with Crippen LogP contribution in [0.15, 0.2) is 24.3 Å². The van der Waals surface area contributed by atoms with Gasteiger partial charge in [-0.2, -0.15) is 0 Å². The zero-order chi connectivity index (χ0) is 17.6. The lowest BCUT2D eigenvalue weighted by molar-refractivity contribution is -0.0640. The van der Waals surface area contributed by atoms with E-state index in [-0.39, 0.29) is 12.1 Å². The number of hydrogen-bond donors (Lipinski definition) is 1. The van der Waals surface area contributed by atoms with Crippen LogP contribution in [-0.2, 0) is 4.74 Å². The lowest BCUT2D eigenvalue weighted by Crippen LogP contribution is -2.58. The molecule has 2 aliphatic rings. The molecule has 1 heterocycles. The molecule has 1 N–H and O–H groups in total. The molecule has 1 aromatic carbocycles. The van der Waals surface area contributed by atoms with Crippen LogP contribution in [0.4, 0.5) is 0 Å². The molecule has 1 aliphatic heterocycles. The molecule has 1 aromatic rings. The third-order valence-corrected chi connectivity index (χ3v) is 5.60. The van der Waals surface area contributed by atoms with Gasteiger partial charge in [-0.05, 0) is 43.5 Å². The van der Waals surface area contributed by atoms with Crippen LogP contribution < -0.4 is 4.74 Å². The van der Waals surface area contributed by atoms with Crippen LogP contribution >= 0.6 is 11.6 Å². The summed E-state index contributed by atoms with van der Waals surface area (Å²) in [4.78, 5) is 4.86. The molecular weight excluding hydrogens is 340 g/mol. The summed E-state index contributed by atoms with van der Waals surface area (Å²) < 4.78 is 11.2. The average Bonchev–Trinajstić information content (AvgIpc) is 2.64. The van der Waals surface area contributed by atoms with Gasteiger partial charge in [0.1, 0.15) is 18.0 Å². The van der Waals surface area contributed by atoms with Crippen LogP contribution in [0.25, 0.3) is 0 Å². The molecule has 140 valence electrons. The van der Waals surface area contributed by atoms with Crippen molar-refractivity contribution in [1.29, 1.82) is 0 Å². The van der Waals surface area contributed by atoms with E-state index in [1.54, 1.807) is 7.11 Å². The van der Waals surface area contributed by atoms with Crippen LogP contribution in [0.1, 0.15) is 19.3 Å². The van der Waals surface area contributed by atoms with Gasteiger partial charge in [-0.15, -0.1) is 0 Å². The molecule has 1 saturated heterocycles. The summed E-state index contributed by atoms with van der Waals surface area (Å²) in [5.41, 5.74) is 0. The Bertz CT molecular complexity index is 520. The third kappa shape index (κ3) is 5.08. The van der Waals surface area contributed by atoms with E-state index >= 15 is 0 Å². The number of hydrogen-bond acceptors (Lipinski definition) is 5. The molecule has 1 aliphatic carbocycles. The summed E-state index contributed by atoms with van der Waals surface area (Å²) in [7, 11) is 1.75. The maximum Gasteiger partial charge on any atom is 0.126 e. The second kappa shape index (κ2) is 9.19. The van der Waals surface area contributed by atoms with E-state index in [1.807, 2.05) is 24.3 Å². The Labute approximate surface area is 155 Å². The molecule has 0 bridgehead atoms. The van der Waals surface area contributed by atoms with E-state index in [4.69, 9.17) is 21.1 Å². The summed E-state index contributed by atoms with van der Waals surface area (Å²) in [5, 5.41) is 11.6. The zero-order valence-corrected chi connectivity index (χ0v) is 15.7. The van der Waals surface area contributed by atoms with Crippen molar-refractivity contribution in [2.45, 2.75) is 37.5 Å². The van der Waals surface area contributed by atoms with Crippen LogP contribution in [0, 0.1) is 0 Å². The quantitative estimate of drug-likeness (QED) is 0.834. The van der Waals surface area contributed by atoms with Crippen molar-refractivity contribution in [3.63, 3.8) is 0 Å². The first kappa shape index (κ1) is 18.9. The number of halogens is 1. The van der Waals surface area contributed by atoms with Crippen LogP contribution in [0.2, 0.25) is 5.02 Å². The Morgan fingerprint density at radius 1 is 1.12 bits per heavy atom. The summed E-state index contributed by atoms with van der Waals surface area (Å²) in [6.45, 7) is 5.84. The first-order chi connectivity index (χ1) is 12.2. The number of benzene rings is 1. The van der Waals surface area contributed by atoms with Crippen molar-refractivity contribution in [1.82, 2.24) is 9.80 Å². The fraction of sp³-hybridized carbons (Fsp3) is 0.684. The highest BCUT2D eigenvalue weighted by atomic mass is 35.5. The monoisotopic (exact) mass is 368 g/mol. The number of aliphatic hydroxyl groups is 1. The van der Waals surface area contributed by atoms with Crippen molar-refractivity contribution in [2.75, 3.05) is 46.4 Å². The Morgan fingerprint density at radius 3 is 2.52 bits per heavy atom. The molecule has 1 saturated carbocycles. The second-order valence-corrected chi connectivity index (χ2v) is 7.41. The highest BCUT2D eigenvalue weighted by molar-refractivity contribution is 6.30. The van der Waals surface area contributed by atoms with Gasteiger partial charge >= 0.3 is 0 Å². The van der Waals surface area contributed by atoms with Crippen LogP contribution in [0.5, 0.6) is 5.75 Å². The fourth-order valence-corrected chi connectivity index (χ4v) is 4.00. The largest absolute Gasteiger partial charge is 0.488 e. The van der Waals surface area contributed by atoms with Crippen molar-refractivity contribution >= 4 is 11.6 Å². The van der Waals surface area contributed by atoms with E-state index in [9.17, 15) is 5.11 Å². The highest BCUT2D eigenvalue weighted by Gasteiger charge is 2.37. The summed E-state index contributed by atoms with van der Waals surface area (Å²) in [5.74, 6) is 0.776. The Morgan fingerprint density at radius 2 is 1.84 bits per heavy atom. The summed E-state index contributed by atoms with van der Waals surface area (Å²) in [6.07, 6.45) is 2.43. The zero-order valence-electron chi connectivity index (χ0n) is 14.9. The molecule has 0 radical (unpaired) electrons. The maximum atomic E-state index is 10.9. The van der Waals surface area contributed by atoms with Gasteiger partial charge in [0.2, 0.25) is 0 Å². The number of piperazine rings is 1. The van der Waals surface area contributed by atoms with Crippen molar-refractivity contribution in [3.8, 4) is 5.75 Å². The predicted molar refractivity (Wildman–Crippen MR) is 99.4 cm³/mol. The molecule has 2 fully saturated rings.